The van der Waals surface area contributed by atoms with Gasteiger partial charge < -0.3 is 15.5 Å². The molecule has 2 heterocycles. The third kappa shape index (κ3) is 2.64. The number of hydrogen-bond donors (Lipinski definition) is 2. The summed E-state index contributed by atoms with van der Waals surface area (Å²) < 4.78 is 0. The summed E-state index contributed by atoms with van der Waals surface area (Å²) in [5.74, 6) is 0.0645. The van der Waals surface area contributed by atoms with Crippen LogP contribution in [-0.4, -0.2) is 25.0 Å². The molecule has 1 aromatic carbocycles. The maximum Gasteiger partial charge on any atom is 0.246 e. The summed E-state index contributed by atoms with van der Waals surface area (Å²) in [5, 5.41) is 6.26. The average molecular weight is 287 g/mol. The fourth-order valence-corrected chi connectivity index (χ4v) is 3.60. The van der Waals surface area contributed by atoms with E-state index in [2.05, 4.69) is 40.7 Å². The lowest BCUT2D eigenvalue weighted by Gasteiger charge is -2.37. The van der Waals surface area contributed by atoms with Gasteiger partial charge in [-0.3, -0.25) is 4.79 Å². The number of anilines is 2. The summed E-state index contributed by atoms with van der Waals surface area (Å²) in [6.07, 6.45) is 5.06. The van der Waals surface area contributed by atoms with Crippen molar-refractivity contribution >= 4 is 17.3 Å². The van der Waals surface area contributed by atoms with E-state index in [0.717, 1.165) is 24.3 Å². The molecule has 21 heavy (non-hydrogen) atoms. The van der Waals surface area contributed by atoms with Gasteiger partial charge in [-0.1, -0.05) is 19.9 Å². The Labute approximate surface area is 126 Å². The molecule has 3 rings (SSSR count). The molecule has 2 atom stereocenters. The van der Waals surface area contributed by atoms with Gasteiger partial charge in [0.25, 0.3) is 0 Å². The number of rotatable bonds is 4. The summed E-state index contributed by atoms with van der Waals surface area (Å²) >= 11 is 0. The molecule has 2 N–H and O–H groups in total. The molecule has 1 fully saturated rings. The Morgan fingerprint density at radius 2 is 2.19 bits per heavy atom. The van der Waals surface area contributed by atoms with Gasteiger partial charge in [-0.15, -0.1) is 0 Å². The Balaban J connectivity index is 1.87. The highest BCUT2D eigenvalue weighted by Crippen LogP contribution is 2.36. The van der Waals surface area contributed by atoms with Gasteiger partial charge in [-0.25, -0.2) is 0 Å². The van der Waals surface area contributed by atoms with Crippen molar-refractivity contribution in [2.75, 3.05) is 23.3 Å². The normalized spacial score (nSPS) is 24.9. The Kier molecular flexibility index (Phi) is 4.15. The van der Waals surface area contributed by atoms with Crippen LogP contribution in [0.4, 0.5) is 11.4 Å². The number of carbonyl (C=O) groups excluding carboxylic acids is 1. The van der Waals surface area contributed by atoms with Crippen molar-refractivity contribution in [3.8, 4) is 0 Å². The molecule has 4 nitrogen and oxygen atoms in total. The first kappa shape index (κ1) is 14.4. The fourth-order valence-electron chi connectivity index (χ4n) is 3.60. The molecule has 0 bridgehead atoms. The Hall–Kier alpha value is -1.55. The van der Waals surface area contributed by atoms with Gasteiger partial charge >= 0.3 is 0 Å². The molecule has 2 unspecified atom stereocenters. The van der Waals surface area contributed by atoms with Crippen molar-refractivity contribution in [3.63, 3.8) is 0 Å². The van der Waals surface area contributed by atoms with E-state index in [1.807, 2.05) is 6.92 Å². The molecule has 0 aliphatic carbocycles. The monoisotopic (exact) mass is 287 g/mol. The van der Waals surface area contributed by atoms with E-state index in [4.69, 9.17) is 0 Å². The lowest BCUT2D eigenvalue weighted by Crippen LogP contribution is -2.39. The number of carbonyl (C=O) groups is 1. The molecule has 0 spiro atoms. The van der Waals surface area contributed by atoms with Crippen molar-refractivity contribution < 1.29 is 4.79 Å². The van der Waals surface area contributed by atoms with Crippen LogP contribution in [0.25, 0.3) is 0 Å². The van der Waals surface area contributed by atoms with E-state index < -0.39 is 0 Å². The molecule has 2 aliphatic rings. The van der Waals surface area contributed by atoms with Gasteiger partial charge in [0, 0.05) is 29.5 Å². The summed E-state index contributed by atoms with van der Waals surface area (Å²) in [4.78, 5) is 14.6. The zero-order valence-corrected chi connectivity index (χ0v) is 13.0. The van der Waals surface area contributed by atoms with Crippen LogP contribution in [-0.2, 0) is 4.79 Å². The molecule has 2 aliphatic heterocycles. The van der Waals surface area contributed by atoms with Gasteiger partial charge in [0.05, 0.1) is 0 Å². The number of fused-ring (bicyclic) bond motifs is 1. The summed E-state index contributed by atoms with van der Waals surface area (Å²) in [7, 11) is 0. The van der Waals surface area contributed by atoms with E-state index in [1.54, 1.807) is 0 Å². The quantitative estimate of drug-likeness (QED) is 0.894. The number of benzene rings is 1. The highest BCUT2D eigenvalue weighted by Gasteiger charge is 2.31. The van der Waals surface area contributed by atoms with Crippen LogP contribution in [0, 0.1) is 0 Å². The topological polar surface area (TPSA) is 44.4 Å². The van der Waals surface area contributed by atoms with Crippen molar-refractivity contribution in [1.82, 2.24) is 5.32 Å². The van der Waals surface area contributed by atoms with E-state index in [9.17, 15) is 4.79 Å². The third-order valence-electron chi connectivity index (χ3n) is 4.71. The third-order valence-corrected chi connectivity index (χ3v) is 4.71. The molecule has 4 heteroatoms. The maximum atomic E-state index is 12.0. The smallest absolute Gasteiger partial charge is 0.246 e. The molecule has 0 aromatic heterocycles. The SMILES string of the molecule is CCNC1C(=O)Nc2cc(N3CCCCC3CC)ccc21. The van der Waals surface area contributed by atoms with Crippen molar-refractivity contribution in [3.05, 3.63) is 23.8 Å². The van der Waals surface area contributed by atoms with Crippen LogP contribution in [0.1, 0.15) is 51.1 Å². The number of piperidine rings is 1. The predicted molar refractivity (Wildman–Crippen MR) is 86.8 cm³/mol. The molecule has 1 amide bonds. The minimum Gasteiger partial charge on any atom is -0.369 e. The lowest BCUT2D eigenvalue weighted by atomic mass is 9.98. The van der Waals surface area contributed by atoms with Gasteiger partial charge in [-0.2, -0.15) is 0 Å². The first-order valence-corrected chi connectivity index (χ1v) is 8.19. The van der Waals surface area contributed by atoms with Crippen molar-refractivity contribution in [2.45, 2.75) is 51.6 Å². The van der Waals surface area contributed by atoms with E-state index >= 15 is 0 Å². The van der Waals surface area contributed by atoms with Crippen LogP contribution in [0.2, 0.25) is 0 Å². The molecule has 0 radical (unpaired) electrons. The van der Waals surface area contributed by atoms with Crippen molar-refractivity contribution in [1.29, 1.82) is 0 Å². The molecule has 1 aromatic rings. The van der Waals surface area contributed by atoms with Crippen LogP contribution in [0.5, 0.6) is 0 Å². The Bertz CT molecular complexity index is 529. The van der Waals surface area contributed by atoms with Gasteiger partial charge in [0.2, 0.25) is 5.91 Å². The number of nitrogens with one attached hydrogen (secondary N) is 2. The molecule has 0 saturated carbocycles. The second-order valence-corrected chi connectivity index (χ2v) is 6.00. The standard InChI is InChI=1S/C17H25N3O/c1-3-12-7-5-6-10-20(12)13-8-9-14-15(11-13)19-17(21)16(14)18-4-2/h8-9,11-12,16,18H,3-7,10H2,1-2H3,(H,19,21). The first-order valence-electron chi connectivity index (χ1n) is 8.19. The molecular weight excluding hydrogens is 262 g/mol. The van der Waals surface area contributed by atoms with Gasteiger partial charge in [0.1, 0.15) is 6.04 Å². The second-order valence-electron chi connectivity index (χ2n) is 6.00. The van der Waals surface area contributed by atoms with Crippen molar-refractivity contribution in [2.24, 2.45) is 0 Å². The predicted octanol–water partition coefficient (Wildman–Crippen LogP) is 3.06. The summed E-state index contributed by atoms with van der Waals surface area (Å²) in [6.45, 7) is 6.21. The number of hydrogen-bond acceptors (Lipinski definition) is 3. The van der Waals surface area contributed by atoms with Crippen LogP contribution in [0.15, 0.2) is 18.2 Å². The largest absolute Gasteiger partial charge is 0.369 e. The van der Waals surface area contributed by atoms with E-state index in [0.29, 0.717) is 6.04 Å². The fraction of sp³-hybridized carbons (Fsp3) is 0.588. The minimum absolute atomic E-state index is 0.0645. The van der Waals surface area contributed by atoms with Crippen LogP contribution >= 0.6 is 0 Å². The second kappa shape index (κ2) is 6.06. The van der Waals surface area contributed by atoms with Crippen LogP contribution < -0.4 is 15.5 Å². The summed E-state index contributed by atoms with van der Waals surface area (Å²) in [5.41, 5.74) is 3.30. The number of nitrogens with zero attached hydrogens (tertiary/aromatic N) is 1. The zero-order valence-electron chi connectivity index (χ0n) is 13.0. The zero-order chi connectivity index (χ0) is 14.8. The van der Waals surface area contributed by atoms with E-state index in [1.165, 1.54) is 31.4 Å². The Morgan fingerprint density at radius 3 is 2.95 bits per heavy atom. The molecule has 114 valence electrons. The number of amides is 1. The average Bonchev–Trinajstić information content (AvgIpc) is 2.83. The highest BCUT2D eigenvalue weighted by molar-refractivity contribution is 6.03. The van der Waals surface area contributed by atoms with Crippen LogP contribution in [0.3, 0.4) is 0 Å². The van der Waals surface area contributed by atoms with E-state index in [-0.39, 0.29) is 11.9 Å². The molecular formula is C17H25N3O. The minimum atomic E-state index is -0.192. The van der Waals surface area contributed by atoms with Gasteiger partial charge in [-0.05, 0) is 44.4 Å². The molecule has 1 saturated heterocycles. The first-order chi connectivity index (χ1) is 10.2. The lowest BCUT2D eigenvalue weighted by molar-refractivity contribution is -0.117. The Morgan fingerprint density at radius 1 is 1.33 bits per heavy atom. The summed E-state index contributed by atoms with van der Waals surface area (Å²) in [6, 6.07) is 6.88. The highest BCUT2D eigenvalue weighted by atomic mass is 16.2. The number of likely N-dealkylation sites (N-methyl/N-ethyl adjacent to an activating group) is 1. The maximum absolute atomic E-state index is 12.0. The van der Waals surface area contributed by atoms with Gasteiger partial charge in [0.15, 0.2) is 0 Å².